The molecule has 3 aliphatic heterocycles. The monoisotopic (exact) mass is 937 g/mol. The molecule has 17 heteroatoms. The lowest BCUT2D eigenvalue weighted by Gasteiger charge is -2.28. The first-order chi connectivity index (χ1) is 31.6. The molecule has 0 spiro atoms. The van der Waals surface area contributed by atoms with Gasteiger partial charge in [0.1, 0.15) is 54.0 Å². The second-order valence-electron chi connectivity index (χ2n) is 15.7. The maximum absolute atomic E-state index is 14.1. The Labute approximate surface area is 391 Å². The number of anilines is 1. The third-order valence-corrected chi connectivity index (χ3v) is 13.2. The van der Waals surface area contributed by atoms with E-state index in [0.717, 1.165) is 43.9 Å². The number of rotatable bonds is 8. The van der Waals surface area contributed by atoms with E-state index in [1.165, 1.54) is 56.0 Å². The molecule has 4 bridgehead atoms. The number of nitrogens with two attached hydrogens (primary N) is 1. The van der Waals surface area contributed by atoms with Gasteiger partial charge in [0.15, 0.2) is 11.6 Å². The number of thiophene rings is 1. The Morgan fingerprint density at radius 2 is 1.57 bits per heavy atom. The normalized spacial score (nSPS) is 14.4. The van der Waals surface area contributed by atoms with E-state index < -0.39 is 0 Å². The number of likely N-dealkylation sites (N-methyl/N-ethyl adjacent to an activating group) is 2. The quantitative estimate of drug-likeness (QED) is 0.150. The lowest BCUT2D eigenvalue weighted by atomic mass is 9.92. The summed E-state index contributed by atoms with van der Waals surface area (Å²) in [5, 5.41) is 4.65. The van der Waals surface area contributed by atoms with E-state index in [4.69, 9.17) is 52.9 Å². The maximum Gasteiger partial charge on any atom is 0.226 e. The van der Waals surface area contributed by atoms with Gasteiger partial charge in [-0.1, -0.05) is 35.3 Å². The van der Waals surface area contributed by atoms with Crippen molar-refractivity contribution in [1.82, 2.24) is 34.7 Å². The van der Waals surface area contributed by atoms with Gasteiger partial charge in [0, 0.05) is 67.9 Å². The Balaban J connectivity index is 0.000000651. The van der Waals surface area contributed by atoms with E-state index in [2.05, 4.69) is 49.1 Å². The predicted octanol–water partition coefficient (Wildman–Crippen LogP) is 9.15. The van der Waals surface area contributed by atoms with Crippen molar-refractivity contribution in [1.29, 1.82) is 0 Å². The van der Waals surface area contributed by atoms with Gasteiger partial charge in [-0.2, -0.15) is 0 Å². The molecular formula is C48H50Cl2FN9O4S. The first-order valence-corrected chi connectivity index (χ1v) is 22.9. The first kappa shape index (κ1) is 45.9. The maximum atomic E-state index is 14.1. The summed E-state index contributed by atoms with van der Waals surface area (Å²) in [7, 11) is 4.35. The molecule has 1 saturated heterocycles. The van der Waals surface area contributed by atoms with Gasteiger partial charge < -0.3 is 39.8 Å². The van der Waals surface area contributed by atoms with Gasteiger partial charge in [0.2, 0.25) is 5.88 Å². The summed E-state index contributed by atoms with van der Waals surface area (Å²) >= 11 is 15.5. The molecule has 0 unspecified atom stereocenters. The molecule has 3 aliphatic rings. The van der Waals surface area contributed by atoms with Gasteiger partial charge in [0.05, 0.1) is 39.6 Å². The molecule has 10 rings (SSSR count). The summed E-state index contributed by atoms with van der Waals surface area (Å²) in [6.07, 6.45) is 5.35. The van der Waals surface area contributed by atoms with Crippen molar-refractivity contribution in [2.75, 3.05) is 78.5 Å². The number of nitrogens with one attached hydrogen (secondary N) is 1. The minimum atomic E-state index is -0.337. The lowest BCUT2D eigenvalue weighted by Crippen LogP contribution is -2.42. The van der Waals surface area contributed by atoms with Crippen LogP contribution in [0.25, 0.3) is 43.3 Å². The highest BCUT2D eigenvalue weighted by Gasteiger charge is 2.28. The molecule has 0 aliphatic carbocycles. The minimum absolute atomic E-state index is 0.183. The number of halogens is 3. The van der Waals surface area contributed by atoms with Crippen LogP contribution in [0.2, 0.25) is 10.0 Å². The van der Waals surface area contributed by atoms with Crippen LogP contribution in [0.3, 0.4) is 0 Å². The molecule has 0 radical (unpaired) electrons. The molecule has 4 aromatic heterocycles. The summed E-state index contributed by atoms with van der Waals surface area (Å²) in [5.74, 6) is 2.16. The van der Waals surface area contributed by atoms with Crippen LogP contribution in [0.5, 0.6) is 23.1 Å². The zero-order valence-corrected chi connectivity index (χ0v) is 39.0. The topological polar surface area (TPSA) is 146 Å². The van der Waals surface area contributed by atoms with Gasteiger partial charge in [-0.25, -0.2) is 24.3 Å². The van der Waals surface area contributed by atoms with Crippen LogP contribution in [-0.4, -0.2) is 108 Å². The largest absolute Gasteiger partial charge is 0.490 e. The molecule has 338 valence electrons. The van der Waals surface area contributed by atoms with Gasteiger partial charge in [0.25, 0.3) is 0 Å². The minimum Gasteiger partial charge on any atom is -0.490 e. The number of aromatic nitrogens is 5. The predicted molar refractivity (Wildman–Crippen MR) is 257 cm³/mol. The molecule has 7 heterocycles. The summed E-state index contributed by atoms with van der Waals surface area (Å²) in [4.78, 5) is 29.2. The summed E-state index contributed by atoms with van der Waals surface area (Å²) in [6, 6.07) is 17.6. The molecule has 3 N–H and O–H groups in total. The van der Waals surface area contributed by atoms with E-state index in [9.17, 15) is 4.39 Å². The number of hydrogen-bond donors (Lipinski definition) is 2. The van der Waals surface area contributed by atoms with Gasteiger partial charge >= 0.3 is 0 Å². The fourth-order valence-corrected chi connectivity index (χ4v) is 9.23. The van der Waals surface area contributed by atoms with Crippen LogP contribution in [0.4, 0.5) is 10.1 Å². The number of fused-ring (bicyclic) bond motifs is 7. The van der Waals surface area contributed by atoms with Crippen LogP contribution >= 0.6 is 34.5 Å². The number of nitrogens with zero attached hydrogens (tertiary/aromatic N) is 7. The molecular weight excluding hydrogens is 889 g/mol. The highest BCUT2D eigenvalue weighted by atomic mass is 35.5. The van der Waals surface area contributed by atoms with E-state index in [0.29, 0.717) is 80.1 Å². The average molecular weight is 939 g/mol. The van der Waals surface area contributed by atoms with Crippen LogP contribution < -0.4 is 30.0 Å². The van der Waals surface area contributed by atoms with Gasteiger partial charge in [-0.3, -0.25) is 4.98 Å². The van der Waals surface area contributed by atoms with Crippen LogP contribution in [-0.2, 0) is 13.0 Å². The van der Waals surface area contributed by atoms with Gasteiger partial charge in [-0.15, -0.1) is 11.3 Å². The number of benzene rings is 3. The summed E-state index contributed by atoms with van der Waals surface area (Å²) < 4.78 is 39.3. The van der Waals surface area contributed by atoms with Crippen LogP contribution in [0.1, 0.15) is 22.4 Å². The van der Waals surface area contributed by atoms with Crippen molar-refractivity contribution in [2.24, 2.45) is 5.73 Å². The van der Waals surface area contributed by atoms with Crippen molar-refractivity contribution in [2.45, 2.75) is 26.9 Å². The molecule has 13 nitrogen and oxygen atoms in total. The summed E-state index contributed by atoms with van der Waals surface area (Å²) in [6.45, 7) is 10.8. The average Bonchev–Trinajstić information content (AvgIpc) is 3.71. The van der Waals surface area contributed by atoms with Gasteiger partial charge in [-0.05, 0) is 98.7 Å². The fourth-order valence-electron chi connectivity index (χ4n) is 7.55. The number of ether oxygens (including phenoxy) is 4. The molecule has 1 fully saturated rings. The van der Waals surface area contributed by atoms with Crippen molar-refractivity contribution in [3.8, 4) is 56.2 Å². The van der Waals surface area contributed by atoms with E-state index in [1.807, 2.05) is 44.2 Å². The molecule has 0 saturated carbocycles. The number of hydrogen-bond acceptors (Lipinski definition) is 14. The second kappa shape index (κ2) is 21.1. The fraction of sp³-hybridized carbons (Fsp3) is 0.312. The SMILES string of the molecule is CN1CCN(C)CC1.Cc1c(Cl)c2c(Cl)c(C)c1-c1c(-c3ccc(F)cc3)sc3ncnc(c13)OCCc1cc(ccc1OCc1ccnc(-c3ccc(NCCN)cn3)n1)OCCO2. The molecule has 0 amide bonds. The zero-order valence-electron chi connectivity index (χ0n) is 36.7. The van der Waals surface area contributed by atoms with E-state index >= 15 is 0 Å². The zero-order chi connectivity index (χ0) is 45.5. The Kier molecular flexibility index (Phi) is 14.9. The second-order valence-corrected chi connectivity index (χ2v) is 17.5. The number of piperazine rings is 1. The molecule has 3 aromatic carbocycles. The van der Waals surface area contributed by atoms with E-state index in [1.54, 1.807) is 30.6 Å². The first-order valence-electron chi connectivity index (χ1n) is 21.3. The highest BCUT2D eigenvalue weighted by Crippen LogP contribution is 2.52. The third kappa shape index (κ3) is 10.7. The third-order valence-electron chi connectivity index (χ3n) is 11.1. The summed E-state index contributed by atoms with van der Waals surface area (Å²) in [5.41, 5.74) is 12.5. The molecule has 7 aromatic rings. The van der Waals surface area contributed by atoms with Crippen LogP contribution in [0.15, 0.2) is 79.4 Å². The Morgan fingerprint density at radius 3 is 2.28 bits per heavy atom. The van der Waals surface area contributed by atoms with Crippen molar-refractivity contribution >= 4 is 50.4 Å². The van der Waals surface area contributed by atoms with Crippen molar-refractivity contribution in [3.05, 3.63) is 118 Å². The van der Waals surface area contributed by atoms with Crippen LogP contribution in [0, 0.1) is 19.7 Å². The Hall–Kier alpha value is -5.68. The Bertz CT molecular complexity index is 2720. The van der Waals surface area contributed by atoms with Crippen molar-refractivity contribution < 1.29 is 23.3 Å². The molecule has 0 atom stereocenters. The lowest BCUT2D eigenvalue weighted by molar-refractivity contribution is 0.181. The van der Waals surface area contributed by atoms with E-state index in [-0.39, 0.29) is 32.2 Å². The highest BCUT2D eigenvalue weighted by molar-refractivity contribution is 7.22. The standard InChI is InChI=1S/C42H36Cl2FN7O4S.C6H14N2/c1-23-33-24(2)37(44)38(36(23)43)54-18-17-53-30-8-10-32(56-21-29-11-14-48-40(52-29)31-9-7-28(20-49-31)47-15-13-46)26(19-30)12-16-55-41-35-34(33)39(57-42(35)51-22-50-41)25-3-5-27(45)6-4-25;1-7-3-5-8(2)6-4-7/h3-11,14,19-20,22,47H,12-13,15-18,21,46H2,1-2H3;3-6H2,1-2H3. The van der Waals surface area contributed by atoms with Crippen molar-refractivity contribution in [3.63, 3.8) is 0 Å². The molecule has 65 heavy (non-hydrogen) atoms. The smallest absolute Gasteiger partial charge is 0.226 e. The Morgan fingerprint density at radius 1 is 0.831 bits per heavy atom. The number of pyridine rings is 1.